The van der Waals surface area contributed by atoms with E-state index in [2.05, 4.69) is 54.7 Å². The molecule has 0 saturated carbocycles. The van der Waals surface area contributed by atoms with E-state index >= 15 is 0 Å². The zero-order valence-corrected chi connectivity index (χ0v) is 12.8. The first-order chi connectivity index (χ1) is 9.72. The second-order valence-electron chi connectivity index (χ2n) is 5.46. The molecule has 2 rings (SSSR count). The topological polar surface area (TPSA) is 29.9 Å². The van der Waals surface area contributed by atoms with Gasteiger partial charge in [0.2, 0.25) is 0 Å². The Hall–Kier alpha value is -1.61. The minimum absolute atomic E-state index is 0.607. The SMILES string of the molecule is CCn1cc(CC(CNC)Cc2ccccc2C)cn1. The Morgan fingerprint density at radius 1 is 1.25 bits per heavy atom. The summed E-state index contributed by atoms with van der Waals surface area (Å²) in [6.45, 7) is 6.29. The normalized spacial score (nSPS) is 12.6. The van der Waals surface area contributed by atoms with Crippen LogP contribution in [0.25, 0.3) is 0 Å². The van der Waals surface area contributed by atoms with E-state index in [0.717, 1.165) is 25.9 Å². The molecule has 1 aromatic carbocycles. The lowest BCUT2D eigenvalue weighted by Crippen LogP contribution is -2.23. The van der Waals surface area contributed by atoms with Crippen LogP contribution in [0.1, 0.15) is 23.6 Å². The van der Waals surface area contributed by atoms with Crippen LogP contribution >= 0.6 is 0 Å². The Morgan fingerprint density at radius 2 is 2.05 bits per heavy atom. The van der Waals surface area contributed by atoms with Gasteiger partial charge in [-0.1, -0.05) is 24.3 Å². The summed E-state index contributed by atoms with van der Waals surface area (Å²) >= 11 is 0. The van der Waals surface area contributed by atoms with Gasteiger partial charge in [0.15, 0.2) is 0 Å². The zero-order chi connectivity index (χ0) is 14.4. The molecular weight excluding hydrogens is 246 g/mol. The van der Waals surface area contributed by atoms with E-state index in [4.69, 9.17) is 0 Å². The highest BCUT2D eigenvalue weighted by Gasteiger charge is 2.12. The highest BCUT2D eigenvalue weighted by atomic mass is 15.3. The van der Waals surface area contributed by atoms with Crippen LogP contribution in [0.15, 0.2) is 36.7 Å². The van der Waals surface area contributed by atoms with Crippen LogP contribution in [0.4, 0.5) is 0 Å². The molecule has 1 unspecified atom stereocenters. The average Bonchev–Trinajstić information content (AvgIpc) is 2.89. The molecule has 1 aromatic heterocycles. The fourth-order valence-corrected chi connectivity index (χ4v) is 2.67. The summed E-state index contributed by atoms with van der Waals surface area (Å²) in [6, 6.07) is 8.68. The Balaban J connectivity index is 2.05. The van der Waals surface area contributed by atoms with Crippen LogP contribution in [0.3, 0.4) is 0 Å². The Kier molecular flexibility index (Phi) is 5.36. The lowest BCUT2D eigenvalue weighted by molar-refractivity contribution is 0.492. The standard InChI is InChI=1S/C17H25N3/c1-4-20-13-16(12-19-20)9-15(11-18-3)10-17-8-6-5-7-14(17)2/h5-8,12-13,15,18H,4,9-11H2,1-3H3. The molecule has 0 spiro atoms. The number of hydrogen-bond donors (Lipinski definition) is 1. The Bertz CT molecular complexity index is 531. The second kappa shape index (κ2) is 7.25. The number of aromatic nitrogens is 2. The van der Waals surface area contributed by atoms with Gasteiger partial charge in [0, 0.05) is 12.7 Å². The molecule has 1 N–H and O–H groups in total. The predicted octanol–water partition coefficient (Wildman–Crippen LogP) is 2.83. The first-order valence-corrected chi connectivity index (χ1v) is 7.43. The van der Waals surface area contributed by atoms with Crippen LogP contribution in [-0.2, 0) is 19.4 Å². The third-order valence-corrected chi connectivity index (χ3v) is 3.80. The third-order valence-electron chi connectivity index (χ3n) is 3.80. The van der Waals surface area contributed by atoms with Gasteiger partial charge in [-0.15, -0.1) is 0 Å². The first-order valence-electron chi connectivity index (χ1n) is 7.43. The maximum Gasteiger partial charge on any atom is 0.0521 e. The molecule has 20 heavy (non-hydrogen) atoms. The largest absolute Gasteiger partial charge is 0.319 e. The van der Waals surface area contributed by atoms with Crippen LogP contribution in [0.2, 0.25) is 0 Å². The van der Waals surface area contributed by atoms with Crippen molar-refractivity contribution in [3.8, 4) is 0 Å². The van der Waals surface area contributed by atoms with Crippen molar-refractivity contribution in [2.45, 2.75) is 33.2 Å². The molecule has 108 valence electrons. The number of nitrogens with zero attached hydrogens (tertiary/aromatic N) is 2. The van der Waals surface area contributed by atoms with Crippen molar-refractivity contribution >= 4 is 0 Å². The highest BCUT2D eigenvalue weighted by molar-refractivity contribution is 5.26. The van der Waals surface area contributed by atoms with E-state index in [-0.39, 0.29) is 0 Å². The lowest BCUT2D eigenvalue weighted by Gasteiger charge is -2.17. The van der Waals surface area contributed by atoms with Crippen molar-refractivity contribution in [2.75, 3.05) is 13.6 Å². The van der Waals surface area contributed by atoms with Crippen LogP contribution in [0.5, 0.6) is 0 Å². The van der Waals surface area contributed by atoms with Crippen LogP contribution < -0.4 is 5.32 Å². The molecule has 0 bridgehead atoms. The smallest absolute Gasteiger partial charge is 0.0521 e. The number of rotatable bonds is 7. The summed E-state index contributed by atoms with van der Waals surface area (Å²) in [7, 11) is 2.03. The molecule has 0 fully saturated rings. The van der Waals surface area contributed by atoms with Crippen molar-refractivity contribution in [1.82, 2.24) is 15.1 Å². The Morgan fingerprint density at radius 3 is 2.70 bits per heavy atom. The fraction of sp³-hybridized carbons (Fsp3) is 0.471. The number of aryl methyl sites for hydroxylation is 2. The maximum atomic E-state index is 4.37. The average molecular weight is 271 g/mol. The van der Waals surface area contributed by atoms with Gasteiger partial charge in [-0.2, -0.15) is 5.10 Å². The first kappa shape index (κ1) is 14.8. The zero-order valence-electron chi connectivity index (χ0n) is 12.8. The van der Waals surface area contributed by atoms with Gasteiger partial charge in [0.25, 0.3) is 0 Å². The number of hydrogen-bond acceptors (Lipinski definition) is 2. The molecule has 0 aliphatic rings. The third kappa shape index (κ3) is 3.94. The summed E-state index contributed by atoms with van der Waals surface area (Å²) in [5, 5.41) is 7.69. The molecule has 0 amide bonds. The van der Waals surface area contributed by atoms with E-state index in [9.17, 15) is 0 Å². The summed E-state index contributed by atoms with van der Waals surface area (Å²) in [6.07, 6.45) is 6.37. The Labute approximate surface area is 122 Å². The van der Waals surface area contributed by atoms with Crippen molar-refractivity contribution < 1.29 is 0 Å². The molecule has 3 heteroatoms. The van der Waals surface area contributed by atoms with Gasteiger partial charge in [-0.25, -0.2) is 0 Å². The van der Waals surface area contributed by atoms with Gasteiger partial charge in [0.1, 0.15) is 0 Å². The fourth-order valence-electron chi connectivity index (χ4n) is 2.67. The molecule has 0 aliphatic heterocycles. The molecule has 1 atom stereocenters. The number of benzene rings is 1. The van der Waals surface area contributed by atoms with Crippen molar-refractivity contribution in [1.29, 1.82) is 0 Å². The van der Waals surface area contributed by atoms with Gasteiger partial charge in [-0.05, 0) is 62.9 Å². The van der Waals surface area contributed by atoms with E-state index in [1.165, 1.54) is 16.7 Å². The van der Waals surface area contributed by atoms with Crippen molar-refractivity contribution in [3.63, 3.8) is 0 Å². The van der Waals surface area contributed by atoms with Gasteiger partial charge in [-0.3, -0.25) is 4.68 Å². The quantitative estimate of drug-likeness (QED) is 0.839. The minimum Gasteiger partial charge on any atom is -0.319 e. The molecule has 0 aliphatic carbocycles. The van der Waals surface area contributed by atoms with Crippen LogP contribution in [-0.4, -0.2) is 23.4 Å². The monoisotopic (exact) mass is 271 g/mol. The summed E-state index contributed by atoms with van der Waals surface area (Å²) in [4.78, 5) is 0. The molecule has 0 saturated heterocycles. The summed E-state index contributed by atoms with van der Waals surface area (Å²) in [5.41, 5.74) is 4.18. The van der Waals surface area contributed by atoms with Crippen LogP contribution in [0, 0.1) is 12.8 Å². The van der Waals surface area contributed by atoms with Gasteiger partial charge < -0.3 is 5.32 Å². The van der Waals surface area contributed by atoms with E-state index in [0.29, 0.717) is 5.92 Å². The second-order valence-corrected chi connectivity index (χ2v) is 5.46. The predicted molar refractivity (Wildman–Crippen MR) is 83.9 cm³/mol. The maximum absolute atomic E-state index is 4.37. The summed E-state index contributed by atoms with van der Waals surface area (Å²) in [5.74, 6) is 0.607. The van der Waals surface area contributed by atoms with Gasteiger partial charge >= 0.3 is 0 Å². The molecule has 3 nitrogen and oxygen atoms in total. The molecule has 1 heterocycles. The van der Waals surface area contributed by atoms with Crippen molar-refractivity contribution in [2.24, 2.45) is 5.92 Å². The highest BCUT2D eigenvalue weighted by Crippen LogP contribution is 2.17. The lowest BCUT2D eigenvalue weighted by atomic mass is 9.91. The summed E-state index contributed by atoms with van der Waals surface area (Å²) < 4.78 is 2.00. The molecule has 2 aromatic rings. The minimum atomic E-state index is 0.607. The van der Waals surface area contributed by atoms with Gasteiger partial charge in [0.05, 0.1) is 6.20 Å². The molecular formula is C17H25N3. The number of nitrogens with one attached hydrogen (secondary N) is 1. The van der Waals surface area contributed by atoms with E-state index < -0.39 is 0 Å². The van der Waals surface area contributed by atoms with Crippen molar-refractivity contribution in [3.05, 3.63) is 53.3 Å². The van der Waals surface area contributed by atoms with E-state index in [1.807, 2.05) is 17.9 Å². The molecule has 0 radical (unpaired) electrons. The van der Waals surface area contributed by atoms with E-state index in [1.54, 1.807) is 0 Å².